The molecule has 1 aliphatic rings. The standard InChI is InChI=1S/C12H16O5/c1-7(2)8-6-12(8,11(15)17-4)9(13)5-10(14)16-3/h8H,1,5-6H2,2-4H3. The molecule has 1 rings (SSSR count). The minimum Gasteiger partial charge on any atom is -0.469 e. The fraction of sp³-hybridized carbons (Fsp3) is 0.583. The van der Waals surface area contributed by atoms with Gasteiger partial charge in [0.05, 0.1) is 14.2 Å². The molecular formula is C12H16O5. The first-order chi connectivity index (χ1) is 7.90. The number of hydrogen-bond acceptors (Lipinski definition) is 5. The van der Waals surface area contributed by atoms with Gasteiger partial charge in [-0.2, -0.15) is 0 Å². The molecule has 1 saturated carbocycles. The van der Waals surface area contributed by atoms with Crippen LogP contribution in [0.5, 0.6) is 0 Å². The van der Waals surface area contributed by atoms with E-state index in [1.165, 1.54) is 14.2 Å². The highest BCUT2D eigenvalue weighted by Crippen LogP contribution is 2.58. The van der Waals surface area contributed by atoms with E-state index in [9.17, 15) is 14.4 Å². The van der Waals surface area contributed by atoms with Crippen LogP contribution in [0.15, 0.2) is 12.2 Å². The Hall–Kier alpha value is -1.65. The largest absolute Gasteiger partial charge is 0.469 e. The molecule has 0 saturated heterocycles. The lowest BCUT2D eigenvalue weighted by Crippen LogP contribution is -2.31. The first-order valence-corrected chi connectivity index (χ1v) is 5.24. The fourth-order valence-corrected chi connectivity index (χ4v) is 2.05. The van der Waals surface area contributed by atoms with Crippen molar-refractivity contribution in [3.05, 3.63) is 12.2 Å². The first-order valence-electron chi connectivity index (χ1n) is 5.24. The van der Waals surface area contributed by atoms with Crippen molar-refractivity contribution in [1.82, 2.24) is 0 Å². The van der Waals surface area contributed by atoms with E-state index in [0.717, 1.165) is 5.57 Å². The van der Waals surface area contributed by atoms with Crippen LogP contribution in [-0.2, 0) is 23.9 Å². The Kier molecular flexibility index (Phi) is 3.70. The van der Waals surface area contributed by atoms with E-state index in [1.54, 1.807) is 6.92 Å². The van der Waals surface area contributed by atoms with Gasteiger partial charge in [0.1, 0.15) is 11.8 Å². The van der Waals surface area contributed by atoms with Crippen LogP contribution >= 0.6 is 0 Å². The van der Waals surface area contributed by atoms with Crippen LogP contribution in [0.25, 0.3) is 0 Å². The number of Topliss-reactive ketones (excluding diaryl/α,β-unsaturated/α-hetero) is 1. The molecule has 0 aromatic rings. The zero-order valence-corrected chi connectivity index (χ0v) is 10.2. The van der Waals surface area contributed by atoms with Crippen LogP contribution in [0.4, 0.5) is 0 Å². The summed E-state index contributed by atoms with van der Waals surface area (Å²) in [6.45, 7) is 5.49. The Morgan fingerprint density at radius 1 is 1.29 bits per heavy atom. The SMILES string of the molecule is C=C(C)C1CC1(C(=O)CC(=O)OC)C(=O)OC. The van der Waals surface area contributed by atoms with Gasteiger partial charge in [-0.25, -0.2) is 0 Å². The summed E-state index contributed by atoms with van der Waals surface area (Å²) in [5, 5.41) is 0. The van der Waals surface area contributed by atoms with Crippen molar-refractivity contribution in [2.45, 2.75) is 19.8 Å². The van der Waals surface area contributed by atoms with Gasteiger partial charge in [-0.3, -0.25) is 14.4 Å². The Bertz CT molecular complexity index is 384. The normalized spacial score (nSPS) is 25.9. The average molecular weight is 240 g/mol. The molecule has 17 heavy (non-hydrogen) atoms. The topological polar surface area (TPSA) is 69.7 Å². The lowest BCUT2D eigenvalue weighted by atomic mass is 9.93. The molecule has 0 spiro atoms. The summed E-state index contributed by atoms with van der Waals surface area (Å²) in [6.07, 6.45) is -0.0415. The molecule has 2 unspecified atom stereocenters. The predicted octanol–water partition coefficient (Wildman–Crippen LogP) is 0.874. The lowest BCUT2D eigenvalue weighted by Gasteiger charge is -2.13. The maximum atomic E-state index is 12.0. The molecule has 1 aliphatic carbocycles. The van der Waals surface area contributed by atoms with E-state index in [-0.39, 0.29) is 5.92 Å². The van der Waals surface area contributed by atoms with Gasteiger partial charge in [0.25, 0.3) is 0 Å². The summed E-state index contributed by atoms with van der Waals surface area (Å²) < 4.78 is 9.06. The number of ketones is 1. The van der Waals surface area contributed by atoms with E-state index >= 15 is 0 Å². The highest BCUT2D eigenvalue weighted by atomic mass is 16.5. The molecule has 0 bridgehead atoms. The van der Waals surface area contributed by atoms with Gasteiger partial charge in [0.15, 0.2) is 5.78 Å². The van der Waals surface area contributed by atoms with Crippen LogP contribution in [0.3, 0.4) is 0 Å². The van der Waals surface area contributed by atoms with Gasteiger partial charge in [-0.1, -0.05) is 12.2 Å². The minimum absolute atomic E-state index is 0.230. The Morgan fingerprint density at radius 3 is 2.24 bits per heavy atom. The molecule has 0 aromatic heterocycles. The number of hydrogen-bond donors (Lipinski definition) is 0. The van der Waals surface area contributed by atoms with E-state index in [1.807, 2.05) is 0 Å². The summed E-state index contributed by atoms with van der Waals surface area (Å²) in [4.78, 5) is 34.7. The molecular weight excluding hydrogens is 224 g/mol. The minimum atomic E-state index is -1.21. The average Bonchev–Trinajstić information content (AvgIpc) is 3.04. The molecule has 0 N–H and O–H groups in total. The van der Waals surface area contributed by atoms with Crippen molar-refractivity contribution in [1.29, 1.82) is 0 Å². The number of methoxy groups -OCH3 is 2. The summed E-state index contributed by atoms with van der Waals surface area (Å²) in [6, 6.07) is 0. The highest BCUT2D eigenvalue weighted by molar-refractivity contribution is 6.12. The first kappa shape index (κ1) is 13.4. The van der Waals surface area contributed by atoms with Gasteiger partial charge in [0, 0.05) is 5.92 Å². The molecule has 0 heterocycles. The molecule has 0 aliphatic heterocycles. The second-order valence-electron chi connectivity index (χ2n) is 4.24. The smallest absolute Gasteiger partial charge is 0.320 e. The van der Waals surface area contributed by atoms with Crippen LogP contribution in [0.1, 0.15) is 19.8 Å². The fourth-order valence-electron chi connectivity index (χ4n) is 2.05. The summed E-state index contributed by atoms with van der Waals surface area (Å²) in [5.41, 5.74) is -0.469. The Labute approximate surface area is 99.8 Å². The molecule has 5 nitrogen and oxygen atoms in total. The molecule has 0 radical (unpaired) electrons. The molecule has 0 aromatic carbocycles. The van der Waals surface area contributed by atoms with E-state index in [0.29, 0.717) is 6.42 Å². The van der Waals surface area contributed by atoms with Crippen LogP contribution in [0, 0.1) is 11.3 Å². The third-order valence-corrected chi connectivity index (χ3v) is 3.14. The van der Waals surface area contributed by atoms with Crippen LogP contribution < -0.4 is 0 Å². The van der Waals surface area contributed by atoms with Crippen LogP contribution in [-0.4, -0.2) is 31.9 Å². The molecule has 1 fully saturated rings. The number of carbonyl (C=O) groups excluding carboxylic acids is 3. The quantitative estimate of drug-likeness (QED) is 0.405. The number of allylic oxidation sites excluding steroid dienone is 1. The summed E-state index contributed by atoms with van der Waals surface area (Å²) in [7, 11) is 2.42. The van der Waals surface area contributed by atoms with Crippen molar-refractivity contribution in [3.63, 3.8) is 0 Å². The molecule has 94 valence electrons. The monoisotopic (exact) mass is 240 g/mol. The predicted molar refractivity (Wildman–Crippen MR) is 59.0 cm³/mol. The molecule has 2 atom stereocenters. The summed E-state index contributed by atoms with van der Waals surface area (Å²) in [5.74, 6) is -1.93. The van der Waals surface area contributed by atoms with Gasteiger partial charge in [-0.15, -0.1) is 0 Å². The molecule has 0 amide bonds. The maximum Gasteiger partial charge on any atom is 0.320 e. The Morgan fingerprint density at radius 2 is 1.88 bits per heavy atom. The third-order valence-electron chi connectivity index (χ3n) is 3.14. The van der Waals surface area contributed by atoms with E-state index in [2.05, 4.69) is 16.1 Å². The van der Waals surface area contributed by atoms with Gasteiger partial charge in [0.2, 0.25) is 0 Å². The second-order valence-corrected chi connectivity index (χ2v) is 4.24. The Balaban J connectivity index is 2.88. The number of ether oxygens (including phenoxy) is 2. The third kappa shape index (κ3) is 2.23. The van der Waals surface area contributed by atoms with Crippen molar-refractivity contribution in [2.24, 2.45) is 11.3 Å². The van der Waals surface area contributed by atoms with Crippen molar-refractivity contribution >= 4 is 17.7 Å². The van der Waals surface area contributed by atoms with Gasteiger partial charge < -0.3 is 9.47 Å². The van der Waals surface area contributed by atoms with E-state index in [4.69, 9.17) is 0 Å². The van der Waals surface area contributed by atoms with Crippen molar-refractivity contribution in [3.8, 4) is 0 Å². The number of rotatable bonds is 5. The second kappa shape index (κ2) is 4.69. The lowest BCUT2D eigenvalue weighted by molar-refractivity contribution is -0.153. The zero-order chi connectivity index (χ0) is 13.2. The summed E-state index contributed by atoms with van der Waals surface area (Å²) >= 11 is 0. The molecule has 5 heteroatoms. The van der Waals surface area contributed by atoms with Gasteiger partial charge >= 0.3 is 11.9 Å². The zero-order valence-electron chi connectivity index (χ0n) is 10.2. The highest BCUT2D eigenvalue weighted by Gasteiger charge is 2.66. The number of carbonyl (C=O) groups is 3. The van der Waals surface area contributed by atoms with Crippen LogP contribution in [0.2, 0.25) is 0 Å². The van der Waals surface area contributed by atoms with E-state index < -0.39 is 29.6 Å². The van der Waals surface area contributed by atoms with Crippen molar-refractivity contribution < 1.29 is 23.9 Å². The maximum absolute atomic E-state index is 12.0. The van der Waals surface area contributed by atoms with Crippen molar-refractivity contribution in [2.75, 3.05) is 14.2 Å². The number of esters is 2. The van der Waals surface area contributed by atoms with Gasteiger partial charge in [-0.05, 0) is 13.3 Å².